The molecule has 0 aromatic heterocycles. The van der Waals surface area contributed by atoms with Gasteiger partial charge in [-0.3, -0.25) is 0 Å². The molecule has 0 saturated heterocycles. The first kappa shape index (κ1) is 21.6. The molecule has 2 aromatic rings. The van der Waals surface area contributed by atoms with E-state index in [4.69, 9.17) is 5.73 Å². The fourth-order valence-corrected chi connectivity index (χ4v) is 4.31. The predicted octanol–water partition coefficient (Wildman–Crippen LogP) is -1.00. The summed E-state index contributed by atoms with van der Waals surface area (Å²) >= 11 is 1.60. The molecule has 1 atom stereocenters. The summed E-state index contributed by atoms with van der Waals surface area (Å²) < 4.78 is 0.650. The van der Waals surface area contributed by atoms with Gasteiger partial charge in [0, 0.05) is 0 Å². The van der Waals surface area contributed by atoms with Crippen LogP contribution < -0.4 is 30.5 Å². The molecule has 0 bridgehead atoms. The number of hydrogen-bond acceptors (Lipinski definition) is 1. The van der Waals surface area contributed by atoms with Crippen molar-refractivity contribution in [2.24, 2.45) is 5.73 Å². The minimum atomic E-state index is 0. The van der Waals surface area contributed by atoms with Crippen molar-refractivity contribution in [3.63, 3.8) is 0 Å². The number of benzene rings is 2. The van der Waals surface area contributed by atoms with Crippen molar-refractivity contribution in [2.75, 3.05) is 0 Å². The van der Waals surface area contributed by atoms with Crippen LogP contribution in [0.5, 0.6) is 0 Å². The standard InChI is InChI=1S/C20H22N.2ClH.Zr/c1-2-3-5-16-12-18-6-4-7-19(20(18)13-16)17-10-8-15(14-21)9-11-17;;;/h4,6-13H,2-3,5,14,21H2,1H3;2*1H;/q;;;+2/p-2. The quantitative estimate of drug-likeness (QED) is 0.637. The van der Waals surface area contributed by atoms with Gasteiger partial charge < -0.3 is 24.8 Å². The van der Waals surface area contributed by atoms with E-state index in [2.05, 4.69) is 55.5 Å². The summed E-state index contributed by atoms with van der Waals surface area (Å²) in [5.74, 6) is 0. The van der Waals surface area contributed by atoms with E-state index < -0.39 is 0 Å². The number of allylic oxidation sites excluding steroid dienone is 1. The summed E-state index contributed by atoms with van der Waals surface area (Å²) in [5, 5.41) is 0. The Morgan fingerprint density at radius 1 is 1.04 bits per heavy atom. The van der Waals surface area contributed by atoms with E-state index in [0.29, 0.717) is 10.2 Å². The van der Waals surface area contributed by atoms with Gasteiger partial charge in [-0.1, -0.05) is 0 Å². The Morgan fingerprint density at radius 3 is 2.38 bits per heavy atom. The molecular weight excluding hydrogens is 416 g/mol. The molecular formula is C20H22Cl2NZr. The molecule has 2 N–H and O–H groups in total. The molecule has 0 saturated carbocycles. The Labute approximate surface area is 172 Å². The Bertz CT molecular complexity index is 695. The molecule has 1 aliphatic rings. The van der Waals surface area contributed by atoms with Gasteiger partial charge in [0.1, 0.15) is 0 Å². The molecule has 0 heterocycles. The van der Waals surface area contributed by atoms with Gasteiger partial charge in [0.15, 0.2) is 0 Å². The zero-order valence-corrected chi connectivity index (χ0v) is 17.8. The van der Waals surface area contributed by atoms with Gasteiger partial charge in [-0.15, -0.1) is 0 Å². The normalized spacial score (nSPS) is 15.2. The maximum absolute atomic E-state index is 5.71. The fourth-order valence-electron chi connectivity index (χ4n) is 3.13. The Morgan fingerprint density at radius 2 is 1.75 bits per heavy atom. The molecule has 1 unspecified atom stereocenters. The van der Waals surface area contributed by atoms with E-state index in [1.165, 1.54) is 47.1 Å². The van der Waals surface area contributed by atoms with Crippen LogP contribution in [0.3, 0.4) is 0 Å². The van der Waals surface area contributed by atoms with Crippen molar-refractivity contribution < 1.29 is 49.5 Å². The molecule has 125 valence electrons. The zero-order valence-electron chi connectivity index (χ0n) is 13.9. The zero-order chi connectivity index (χ0) is 15.5. The summed E-state index contributed by atoms with van der Waals surface area (Å²) in [5.41, 5.74) is 14.1. The molecule has 0 aliphatic heterocycles. The second kappa shape index (κ2) is 9.92. The summed E-state index contributed by atoms with van der Waals surface area (Å²) in [6.45, 7) is 2.88. The van der Waals surface area contributed by atoms with Crippen LogP contribution in [0.1, 0.15) is 46.5 Å². The van der Waals surface area contributed by atoms with E-state index in [9.17, 15) is 0 Å². The summed E-state index contributed by atoms with van der Waals surface area (Å²) in [4.78, 5) is 0. The SMILES string of the molecule is CCCCC1=Cc2c(-c3ccc(CN)cc3)cccc2[CH]1[Zr+2].[Cl-].[Cl-]. The Balaban J connectivity index is 0.00000144. The van der Waals surface area contributed by atoms with Crippen LogP contribution in [0.2, 0.25) is 0 Å². The number of nitrogens with two attached hydrogens (primary N) is 1. The fraction of sp³-hybridized carbons (Fsp3) is 0.300. The molecule has 4 heteroatoms. The molecule has 0 radical (unpaired) electrons. The van der Waals surface area contributed by atoms with Gasteiger partial charge in [-0.2, -0.15) is 0 Å². The topological polar surface area (TPSA) is 26.0 Å². The van der Waals surface area contributed by atoms with Crippen molar-refractivity contribution in [1.82, 2.24) is 0 Å². The molecule has 1 nitrogen and oxygen atoms in total. The van der Waals surface area contributed by atoms with Gasteiger partial charge >= 0.3 is 149 Å². The van der Waals surface area contributed by atoms with Crippen LogP contribution in [0, 0.1) is 0 Å². The number of unbranched alkanes of at least 4 members (excludes halogenated alkanes) is 1. The van der Waals surface area contributed by atoms with Crippen LogP contribution in [0.4, 0.5) is 0 Å². The largest absolute Gasteiger partial charge is 1.00 e. The molecule has 2 aromatic carbocycles. The minimum absolute atomic E-state index is 0. The third kappa shape index (κ3) is 4.41. The number of fused-ring (bicyclic) bond motifs is 1. The van der Waals surface area contributed by atoms with E-state index in [1.807, 2.05) is 0 Å². The smallest absolute Gasteiger partial charge is 1.00 e. The number of halogens is 2. The minimum Gasteiger partial charge on any atom is -1.00 e. The van der Waals surface area contributed by atoms with E-state index >= 15 is 0 Å². The van der Waals surface area contributed by atoms with Crippen molar-refractivity contribution >= 4 is 6.08 Å². The van der Waals surface area contributed by atoms with E-state index in [1.54, 1.807) is 30.3 Å². The predicted molar refractivity (Wildman–Crippen MR) is 90.0 cm³/mol. The first-order valence-corrected chi connectivity index (χ1v) is 9.50. The van der Waals surface area contributed by atoms with Gasteiger partial charge in [0.2, 0.25) is 0 Å². The Hall–Kier alpha value is -0.397. The van der Waals surface area contributed by atoms with Gasteiger partial charge in [-0.05, 0) is 0 Å². The molecule has 0 fully saturated rings. The van der Waals surface area contributed by atoms with Gasteiger partial charge in [-0.25, -0.2) is 0 Å². The summed E-state index contributed by atoms with van der Waals surface area (Å²) in [6.07, 6.45) is 6.26. The molecule has 3 rings (SSSR count). The van der Waals surface area contributed by atoms with Gasteiger partial charge in [0.05, 0.1) is 0 Å². The third-order valence-corrected chi connectivity index (χ3v) is 6.15. The first-order chi connectivity index (χ1) is 10.7. The average Bonchev–Trinajstić information content (AvgIpc) is 2.89. The second-order valence-electron chi connectivity index (χ2n) is 5.97. The van der Waals surface area contributed by atoms with Crippen LogP contribution in [-0.2, 0) is 31.3 Å². The summed E-state index contributed by atoms with van der Waals surface area (Å²) in [7, 11) is 0. The monoisotopic (exact) mass is 436 g/mol. The van der Waals surface area contributed by atoms with Gasteiger partial charge in [0.25, 0.3) is 0 Å². The van der Waals surface area contributed by atoms with Crippen molar-refractivity contribution in [2.45, 2.75) is 36.4 Å². The maximum Gasteiger partial charge on any atom is -1.00 e. The summed E-state index contributed by atoms with van der Waals surface area (Å²) in [6, 6.07) is 15.4. The first-order valence-electron chi connectivity index (χ1n) is 8.08. The average molecular weight is 439 g/mol. The van der Waals surface area contributed by atoms with Crippen LogP contribution in [0.25, 0.3) is 17.2 Å². The van der Waals surface area contributed by atoms with Crippen LogP contribution in [-0.4, -0.2) is 0 Å². The number of hydrogen-bond donors (Lipinski definition) is 1. The Kier molecular flexibility index (Phi) is 8.95. The molecule has 0 amide bonds. The molecule has 0 spiro atoms. The molecule has 24 heavy (non-hydrogen) atoms. The van der Waals surface area contributed by atoms with Crippen molar-refractivity contribution in [3.8, 4) is 11.1 Å². The second-order valence-corrected chi connectivity index (χ2v) is 7.38. The van der Waals surface area contributed by atoms with Crippen LogP contribution >= 0.6 is 0 Å². The third-order valence-electron chi connectivity index (χ3n) is 4.47. The molecule has 1 aliphatic carbocycles. The van der Waals surface area contributed by atoms with Crippen molar-refractivity contribution in [3.05, 3.63) is 64.7 Å². The van der Waals surface area contributed by atoms with Crippen molar-refractivity contribution in [1.29, 1.82) is 0 Å². The van der Waals surface area contributed by atoms with Crippen LogP contribution in [0.15, 0.2) is 48.0 Å². The maximum atomic E-state index is 5.71. The van der Waals surface area contributed by atoms with E-state index in [-0.39, 0.29) is 24.8 Å². The van der Waals surface area contributed by atoms with E-state index in [0.717, 1.165) is 0 Å². The number of rotatable bonds is 5.